The molecule has 4 nitrogen and oxygen atoms in total. The van der Waals surface area contributed by atoms with Crippen molar-refractivity contribution >= 4 is 34.2 Å². The van der Waals surface area contributed by atoms with Gasteiger partial charge in [-0.15, -0.1) is 0 Å². The Balaban J connectivity index is 1.41. The number of carbonyl (C=O) groups is 1. The molecule has 1 amide bonds. The number of anilines is 1. The molecule has 1 aromatic heterocycles. The fourth-order valence-electron chi connectivity index (χ4n) is 5.00. The van der Waals surface area contributed by atoms with Crippen molar-refractivity contribution in [3.8, 4) is 0 Å². The lowest BCUT2D eigenvalue weighted by Crippen LogP contribution is -2.24. The third-order valence-corrected chi connectivity index (χ3v) is 7.01. The summed E-state index contributed by atoms with van der Waals surface area (Å²) in [6, 6.07) is 15.9. The van der Waals surface area contributed by atoms with Crippen molar-refractivity contribution in [2.24, 2.45) is 0 Å². The van der Waals surface area contributed by atoms with E-state index in [1.807, 2.05) is 35.2 Å². The van der Waals surface area contributed by atoms with Crippen molar-refractivity contribution < 1.29 is 4.79 Å². The summed E-state index contributed by atoms with van der Waals surface area (Å²) >= 11 is 6.17. The molecule has 0 bridgehead atoms. The number of hydrogen-bond donors (Lipinski definition) is 0. The molecular weight excluding hydrogens is 430 g/mol. The summed E-state index contributed by atoms with van der Waals surface area (Å²) < 4.78 is 2.37. The van der Waals surface area contributed by atoms with E-state index in [1.54, 1.807) is 0 Å². The van der Waals surface area contributed by atoms with Gasteiger partial charge in [-0.25, -0.2) is 4.98 Å². The number of fused-ring (bicyclic) bond motifs is 1. The highest BCUT2D eigenvalue weighted by atomic mass is 35.5. The van der Waals surface area contributed by atoms with Gasteiger partial charge in [-0.3, -0.25) is 4.79 Å². The van der Waals surface area contributed by atoms with Crippen LogP contribution >= 0.6 is 11.6 Å². The van der Waals surface area contributed by atoms with Gasteiger partial charge < -0.3 is 9.47 Å². The Labute approximate surface area is 203 Å². The lowest BCUT2D eigenvalue weighted by Gasteiger charge is -2.17. The second-order valence-electron chi connectivity index (χ2n) is 9.32. The molecule has 0 spiro atoms. The maximum Gasteiger partial charge on any atom is 0.227 e. The van der Waals surface area contributed by atoms with E-state index in [2.05, 4.69) is 29.7 Å². The molecule has 0 saturated carbocycles. The Morgan fingerprint density at radius 3 is 2.42 bits per heavy atom. The molecular formula is C28H36ClN3O. The molecule has 1 saturated heterocycles. The van der Waals surface area contributed by atoms with Crippen LogP contribution in [0.25, 0.3) is 11.0 Å². The lowest BCUT2D eigenvalue weighted by molar-refractivity contribution is -0.117. The molecule has 1 aliphatic heterocycles. The lowest BCUT2D eigenvalue weighted by atomic mass is 10.1. The number of halogens is 1. The van der Waals surface area contributed by atoms with Crippen LogP contribution in [0.5, 0.6) is 0 Å². The van der Waals surface area contributed by atoms with Gasteiger partial charge in [-0.2, -0.15) is 0 Å². The topological polar surface area (TPSA) is 38.1 Å². The van der Waals surface area contributed by atoms with Gasteiger partial charge in [-0.05, 0) is 36.8 Å². The standard InChI is InChI=1S/C28H36ClN3O/c1-2-3-4-5-6-7-8-9-12-18-31-26-17-11-10-16-25(26)30-28(31)22-19-27(33)32(21-22)24-15-13-14-23(29)20-24/h10-11,13-17,20,22H,2-9,12,18-19,21H2,1H3. The van der Waals surface area contributed by atoms with Crippen molar-refractivity contribution in [1.29, 1.82) is 0 Å². The highest BCUT2D eigenvalue weighted by molar-refractivity contribution is 6.30. The number of aryl methyl sites for hydroxylation is 1. The van der Waals surface area contributed by atoms with Crippen molar-refractivity contribution in [3.63, 3.8) is 0 Å². The first-order chi connectivity index (χ1) is 16.2. The fourth-order valence-corrected chi connectivity index (χ4v) is 5.18. The molecule has 2 heterocycles. The molecule has 2 aromatic carbocycles. The van der Waals surface area contributed by atoms with Gasteiger partial charge in [0.05, 0.1) is 11.0 Å². The zero-order valence-electron chi connectivity index (χ0n) is 19.8. The van der Waals surface area contributed by atoms with E-state index in [1.165, 1.54) is 56.9 Å². The number of para-hydroxylation sites is 2. The number of benzene rings is 2. The van der Waals surface area contributed by atoms with Crippen LogP contribution in [0.4, 0.5) is 5.69 Å². The summed E-state index contributed by atoms with van der Waals surface area (Å²) in [5.74, 6) is 1.29. The molecule has 1 fully saturated rings. The minimum atomic E-state index is 0.0995. The van der Waals surface area contributed by atoms with Crippen molar-refractivity contribution in [2.45, 2.75) is 83.6 Å². The van der Waals surface area contributed by atoms with Gasteiger partial charge in [-0.1, -0.05) is 88.1 Å². The van der Waals surface area contributed by atoms with Crippen LogP contribution in [0.15, 0.2) is 48.5 Å². The van der Waals surface area contributed by atoms with E-state index in [-0.39, 0.29) is 11.8 Å². The maximum atomic E-state index is 12.9. The molecule has 33 heavy (non-hydrogen) atoms. The monoisotopic (exact) mass is 465 g/mol. The average Bonchev–Trinajstić information content (AvgIpc) is 3.38. The predicted molar refractivity (Wildman–Crippen MR) is 138 cm³/mol. The average molecular weight is 466 g/mol. The fraction of sp³-hybridized carbons (Fsp3) is 0.500. The van der Waals surface area contributed by atoms with Crippen LogP contribution in [0.1, 0.15) is 82.9 Å². The minimum Gasteiger partial charge on any atom is -0.328 e. The first-order valence-corrected chi connectivity index (χ1v) is 13.1. The summed E-state index contributed by atoms with van der Waals surface area (Å²) in [5.41, 5.74) is 3.08. The van der Waals surface area contributed by atoms with Gasteiger partial charge in [0.2, 0.25) is 5.91 Å². The first-order valence-electron chi connectivity index (χ1n) is 12.7. The number of carbonyl (C=O) groups excluding carboxylic acids is 1. The van der Waals surface area contributed by atoms with Crippen molar-refractivity contribution in [2.75, 3.05) is 11.4 Å². The van der Waals surface area contributed by atoms with E-state index < -0.39 is 0 Å². The van der Waals surface area contributed by atoms with Crippen LogP contribution < -0.4 is 4.90 Å². The Morgan fingerprint density at radius 1 is 0.939 bits per heavy atom. The maximum absolute atomic E-state index is 12.9. The van der Waals surface area contributed by atoms with Gasteiger partial charge in [0.1, 0.15) is 5.82 Å². The van der Waals surface area contributed by atoms with E-state index in [4.69, 9.17) is 16.6 Å². The molecule has 3 aromatic rings. The number of nitrogens with zero attached hydrogens (tertiary/aromatic N) is 3. The Kier molecular flexibility index (Phi) is 8.44. The summed E-state index contributed by atoms with van der Waals surface area (Å²) in [6.45, 7) is 3.89. The summed E-state index contributed by atoms with van der Waals surface area (Å²) in [6.07, 6.45) is 12.3. The second kappa shape index (κ2) is 11.7. The van der Waals surface area contributed by atoms with Crippen LogP contribution in [-0.2, 0) is 11.3 Å². The summed E-state index contributed by atoms with van der Waals surface area (Å²) in [7, 11) is 0. The minimum absolute atomic E-state index is 0.0995. The van der Waals surface area contributed by atoms with Crippen LogP contribution in [0, 0.1) is 0 Å². The number of hydrogen-bond acceptors (Lipinski definition) is 2. The van der Waals surface area contributed by atoms with E-state index in [0.717, 1.165) is 30.0 Å². The van der Waals surface area contributed by atoms with Gasteiger partial charge in [0, 0.05) is 36.1 Å². The molecule has 0 aliphatic carbocycles. The number of amides is 1. The van der Waals surface area contributed by atoms with Gasteiger partial charge in [0.15, 0.2) is 0 Å². The van der Waals surface area contributed by atoms with Gasteiger partial charge >= 0.3 is 0 Å². The quantitative estimate of drug-likeness (QED) is 0.256. The van der Waals surface area contributed by atoms with E-state index in [9.17, 15) is 4.79 Å². The molecule has 4 rings (SSSR count). The van der Waals surface area contributed by atoms with Crippen LogP contribution in [-0.4, -0.2) is 22.0 Å². The molecule has 1 unspecified atom stereocenters. The molecule has 0 N–H and O–H groups in total. The first kappa shape index (κ1) is 23.8. The molecule has 1 aliphatic rings. The zero-order valence-corrected chi connectivity index (χ0v) is 20.6. The van der Waals surface area contributed by atoms with Gasteiger partial charge in [0.25, 0.3) is 0 Å². The van der Waals surface area contributed by atoms with Crippen LogP contribution in [0.3, 0.4) is 0 Å². The van der Waals surface area contributed by atoms with Crippen LogP contribution in [0.2, 0.25) is 5.02 Å². The predicted octanol–water partition coefficient (Wildman–Crippen LogP) is 7.74. The summed E-state index contributed by atoms with van der Waals surface area (Å²) in [5, 5.41) is 0.654. The molecule has 1 atom stereocenters. The number of unbranched alkanes of at least 4 members (excludes halogenated alkanes) is 8. The third-order valence-electron chi connectivity index (χ3n) is 6.78. The number of rotatable bonds is 12. The smallest absolute Gasteiger partial charge is 0.227 e. The Bertz CT molecular complexity index is 1060. The highest BCUT2D eigenvalue weighted by Gasteiger charge is 2.34. The Hall–Kier alpha value is -2.33. The van der Waals surface area contributed by atoms with E-state index in [0.29, 0.717) is 18.0 Å². The third kappa shape index (κ3) is 5.97. The number of imidazole rings is 1. The largest absolute Gasteiger partial charge is 0.328 e. The highest BCUT2D eigenvalue weighted by Crippen LogP contribution is 2.34. The SMILES string of the molecule is CCCCCCCCCCCn1c(C2CC(=O)N(c3cccc(Cl)c3)C2)nc2ccccc21. The normalized spacial score (nSPS) is 16.2. The Morgan fingerprint density at radius 2 is 1.67 bits per heavy atom. The number of aromatic nitrogens is 2. The molecule has 176 valence electrons. The molecule has 0 radical (unpaired) electrons. The van der Waals surface area contributed by atoms with Crippen molar-refractivity contribution in [3.05, 3.63) is 59.4 Å². The van der Waals surface area contributed by atoms with Crippen molar-refractivity contribution in [1.82, 2.24) is 9.55 Å². The van der Waals surface area contributed by atoms with E-state index >= 15 is 0 Å². The zero-order chi connectivity index (χ0) is 23.0. The molecule has 5 heteroatoms. The summed E-state index contributed by atoms with van der Waals surface area (Å²) in [4.78, 5) is 19.7. The second-order valence-corrected chi connectivity index (χ2v) is 9.76.